The van der Waals surface area contributed by atoms with Gasteiger partial charge in [-0.2, -0.15) is 0 Å². The molecule has 0 radical (unpaired) electrons. The molecule has 6 heteroatoms. The third-order valence-corrected chi connectivity index (χ3v) is 5.38. The molecule has 25 heavy (non-hydrogen) atoms. The van der Waals surface area contributed by atoms with Gasteiger partial charge in [0.1, 0.15) is 5.75 Å². The topological polar surface area (TPSA) is 60.0 Å². The Hall–Kier alpha value is -1.95. The number of amides is 1. The Labute approximate surface area is 148 Å². The highest BCUT2D eigenvalue weighted by Crippen LogP contribution is 2.46. The summed E-state index contributed by atoms with van der Waals surface area (Å²) in [5.74, 6) is 1.92. The molecule has 1 aromatic carbocycles. The second-order valence-electron chi connectivity index (χ2n) is 7.48. The maximum Gasteiger partial charge on any atom is 0.260 e. The van der Waals surface area contributed by atoms with Crippen LogP contribution in [0.3, 0.4) is 0 Å². The van der Waals surface area contributed by atoms with E-state index < -0.39 is 6.10 Å². The Bertz CT molecular complexity index is 638. The smallest absolute Gasteiger partial charge is 0.260 e. The van der Waals surface area contributed by atoms with Gasteiger partial charge < -0.3 is 24.4 Å². The van der Waals surface area contributed by atoms with E-state index in [1.165, 1.54) is 38.8 Å². The van der Waals surface area contributed by atoms with Crippen LogP contribution in [0.25, 0.3) is 0 Å². The van der Waals surface area contributed by atoms with Gasteiger partial charge in [-0.1, -0.05) is 0 Å². The Morgan fingerprint density at radius 2 is 2.04 bits per heavy atom. The normalized spacial score (nSPS) is 21.8. The number of rotatable bonds is 7. The van der Waals surface area contributed by atoms with Gasteiger partial charge in [0.25, 0.3) is 5.91 Å². The van der Waals surface area contributed by atoms with Crippen molar-refractivity contribution in [3.63, 3.8) is 0 Å². The lowest BCUT2D eigenvalue weighted by Crippen LogP contribution is -2.42. The molecule has 1 amide bonds. The lowest BCUT2D eigenvalue weighted by Gasteiger charge is -2.24. The third-order valence-electron chi connectivity index (χ3n) is 5.38. The van der Waals surface area contributed by atoms with Crippen LogP contribution in [-0.4, -0.2) is 49.9 Å². The van der Waals surface area contributed by atoms with E-state index in [0.29, 0.717) is 22.7 Å². The summed E-state index contributed by atoms with van der Waals surface area (Å²) in [6, 6.07) is 5.37. The molecule has 1 saturated heterocycles. The van der Waals surface area contributed by atoms with Crippen LogP contribution in [0.5, 0.6) is 17.2 Å². The minimum atomic E-state index is -0.539. The molecule has 1 atom stereocenters. The van der Waals surface area contributed by atoms with E-state index in [0.717, 1.165) is 13.1 Å². The average molecular weight is 346 g/mol. The van der Waals surface area contributed by atoms with E-state index in [1.54, 1.807) is 25.1 Å². The maximum atomic E-state index is 12.4. The highest BCUT2D eigenvalue weighted by Gasteiger charge is 2.44. The first kappa shape index (κ1) is 16.5. The number of carbonyl (C=O) groups is 1. The molecule has 6 nitrogen and oxygen atoms in total. The summed E-state index contributed by atoms with van der Waals surface area (Å²) < 4.78 is 16.4. The highest BCUT2D eigenvalue weighted by molar-refractivity contribution is 5.80. The van der Waals surface area contributed by atoms with Crippen LogP contribution in [0.15, 0.2) is 18.2 Å². The number of benzene rings is 1. The molecular weight excluding hydrogens is 320 g/mol. The summed E-state index contributed by atoms with van der Waals surface area (Å²) in [7, 11) is 0. The van der Waals surface area contributed by atoms with E-state index in [-0.39, 0.29) is 12.7 Å². The zero-order valence-electron chi connectivity index (χ0n) is 14.8. The molecule has 0 aromatic heterocycles. The highest BCUT2D eigenvalue weighted by atomic mass is 16.7. The van der Waals surface area contributed by atoms with Crippen molar-refractivity contribution >= 4 is 5.91 Å². The summed E-state index contributed by atoms with van der Waals surface area (Å²) in [6.07, 6.45) is 4.50. The van der Waals surface area contributed by atoms with Gasteiger partial charge in [0, 0.05) is 24.6 Å². The predicted octanol–water partition coefficient (Wildman–Crippen LogP) is 2.17. The Morgan fingerprint density at radius 1 is 1.28 bits per heavy atom. The Balaban J connectivity index is 1.26. The first-order chi connectivity index (χ1) is 12.1. The number of hydrogen-bond acceptors (Lipinski definition) is 5. The molecule has 0 bridgehead atoms. The zero-order chi connectivity index (χ0) is 17.3. The molecule has 1 saturated carbocycles. The van der Waals surface area contributed by atoms with Crippen molar-refractivity contribution in [3.8, 4) is 17.2 Å². The van der Waals surface area contributed by atoms with Gasteiger partial charge in [0.2, 0.25) is 6.79 Å². The number of likely N-dealkylation sites (tertiary alicyclic amines) is 1. The minimum Gasteiger partial charge on any atom is -0.481 e. The summed E-state index contributed by atoms with van der Waals surface area (Å²) in [5.41, 5.74) is 0.290. The van der Waals surface area contributed by atoms with Crippen LogP contribution in [0.4, 0.5) is 0 Å². The van der Waals surface area contributed by atoms with Gasteiger partial charge in [-0.15, -0.1) is 0 Å². The first-order valence-corrected chi connectivity index (χ1v) is 9.20. The monoisotopic (exact) mass is 346 g/mol. The van der Waals surface area contributed by atoms with E-state index in [2.05, 4.69) is 10.2 Å². The largest absolute Gasteiger partial charge is 0.481 e. The molecule has 2 fully saturated rings. The Kier molecular flexibility index (Phi) is 4.46. The van der Waals surface area contributed by atoms with Gasteiger partial charge >= 0.3 is 0 Å². The number of fused-ring (bicyclic) bond motifs is 1. The van der Waals surface area contributed by atoms with Crippen molar-refractivity contribution < 1.29 is 19.0 Å². The standard InChI is InChI=1S/C19H26N2O4/c1-14(25-15-4-5-16-17(10-15)24-13-23-16)18(22)20-11-19(6-7-19)12-21-8-2-3-9-21/h4-5,10,14H,2-3,6-9,11-13H2,1H3,(H,20,22). The van der Waals surface area contributed by atoms with Crippen molar-refractivity contribution in [1.82, 2.24) is 10.2 Å². The molecule has 1 aromatic rings. The third kappa shape index (κ3) is 3.84. The van der Waals surface area contributed by atoms with Gasteiger partial charge in [-0.05, 0) is 57.8 Å². The maximum absolute atomic E-state index is 12.4. The summed E-state index contributed by atoms with van der Waals surface area (Å²) in [4.78, 5) is 14.9. The van der Waals surface area contributed by atoms with Crippen molar-refractivity contribution in [1.29, 1.82) is 0 Å². The number of nitrogens with one attached hydrogen (secondary N) is 1. The van der Waals surface area contributed by atoms with Crippen molar-refractivity contribution in [2.75, 3.05) is 33.0 Å². The second-order valence-corrected chi connectivity index (χ2v) is 7.48. The fourth-order valence-corrected chi connectivity index (χ4v) is 3.61. The lowest BCUT2D eigenvalue weighted by atomic mass is 10.1. The van der Waals surface area contributed by atoms with E-state index in [9.17, 15) is 4.79 Å². The summed E-state index contributed by atoms with van der Waals surface area (Å²) in [5, 5.41) is 3.09. The fraction of sp³-hybridized carbons (Fsp3) is 0.632. The fourth-order valence-electron chi connectivity index (χ4n) is 3.61. The quantitative estimate of drug-likeness (QED) is 0.820. The van der Waals surface area contributed by atoms with Crippen LogP contribution in [-0.2, 0) is 4.79 Å². The molecule has 1 N–H and O–H groups in total. The number of nitrogens with zero attached hydrogens (tertiary/aromatic N) is 1. The predicted molar refractivity (Wildman–Crippen MR) is 93.0 cm³/mol. The average Bonchev–Trinajstić information content (AvgIpc) is 3.00. The summed E-state index contributed by atoms with van der Waals surface area (Å²) >= 11 is 0. The van der Waals surface area contributed by atoms with Crippen LogP contribution in [0.2, 0.25) is 0 Å². The zero-order valence-corrected chi connectivity index (χ0v) is 14.8. The molecule has 2 heterocycles. The van der Waals surface area contributed by atoms with Crippen LogP contribution < -0.4 is 19.5 Å². The molecule has 2 aliphatic heterocycles. The van der Waals surface area contributed by atoms with Gasteiger partial charge in [0.05, 0.1) is 0 Å². The van der Waals surface area contributed by atoms with Crippen molar-refractivity contribution in [3.05, 3.63) is 18.2 Å². The molecular formula is C19H26N2O4. The SMILES string of the molecule is CC(Oc1ccc2c(c1)OCO2)C(=O)NCC1(CN2CCCC2)CC1. The molecule has 1 aliphatic carbocycles. The van der Waals surface area contributed by atoms with Gasteiger partial charge in [-0.25, -0.2) is 0 Å². The first-order valence-electron chi connectivity index (χ1n) is 9.20. The molecule has 4 rings (SSSR count). The number of ether oxygens (including phenoxy) is 3. The second kappa shape index (κ2) is 6.75. The van der Waals surface area contributed by atoms with Crippen molar-refractivity contribution in [2.24, 2.45) is 5.41 Å². The minimum absolute atomic E-state index is 0.0645. The number of carbonyl (C=O) groups excluding carboxylic acids is 1. The molecule has 1 unspecified atom stereocenters. The molecule has 3 aliphatic rings. The molecule has 136 valence electrons. The Morgan fingerprint density at radius 3 is 2.80 bits per heavy atom. The van der Waals surface area contributed by atoms with E-state index in [1.807, 2.05) is 0 Å². The van der Waals surface area contributed by atoms with Crippen molar-refractivity contribution in [2.45, 2.75) is 38.7 Å². The van der Waals surface area contributed by atoms with Crippen LogP contribution >= 0.6 is 0 Å². The lowest BCUT2D eigenvalue weighted by molar-refractivity contribution is -0.127. The summed E-state index contributed by atoms with van der Waals surface area (Å²) in [6.45, 7) is 6.29. The van der Waals surface area contributed by atoms with E-state index in [4.69, 9.17) is 14.2 Å². The van der Waals surface area contributed by atoms with Gasteiger partial charge in [-0.3, -0.25) is 4.79 Å². The van der Waals surface area contributed by atoms with Gasteiger partial charge in [0.15, 0.2) is 17.6 Å². The van der Waals surface area contributed by atoms with Crippen LogP contribution in [0.1, 0.15) is 32.6 Å². The molecule has 0 spiro atoms. The number of hydrogen-bond donors (Lipinski definition) is 1. The van der Waals surface area contributed by atoms with Crippen LogP contribution in [0, 0.1) is 5.41 Å². The van der Waals surface area contributed by atoms with E-state index >= 15 is 0 Å².